The predicted octanol–water partition coefficient (Wildman–Crippen LogP) is 6.13. The van der Waals surface area contributed by atoms with Crippen molar-refractivity contribution in [2.45, 2.75) is 12.1 Å². The highest BCUT2D eigenvalue weighted by Crippen LogP contribution is 2.37. The molecule has 2 atom stereocenters. The largest absolute Gasteiger partial charge is 0.260 e. The molecule has 3 aromatic carbocycles. The summed E-state index contributed by atoms with van der Waals surface area (Å²) in [6, 6.07) is 28.3. The molecule has 4 rings (SSSR count). The first kappa shape index (κ1) is 15.9. The molecular formula is C22H18ClNO. The van der Waals surface area contributed by atoms with Crippen molar-refractivity contribution >= 4 is 17.3 Å². The molecule has 0 amide bonds. The molecule has 3 aromatic rings. The molecule has 3 heteroatoms. The quantitative estimate of drug-likeness (QED) is 0.528. The zero-order valence-corrected chi connectivity index (χ0v) is 14.4. The van der Waals surface area contributed by atoms with Crippen molar-refractivity contribution in [2.24, 2.45) is 0 Å². The molecule has 124 valence electrons. The minimum atomic E-state index is -0.114. The van der Waals surface area contributed by atoms with Gasteiger partial charge in [0, 0.05) is 5.02 Å². The normalized spacial score (nSPS) is 19.8. The summed E-state index contributed by atoms with van der Waals surface area (Å²) < 4.78 is 0. The minimum Gasteiger partial charge on any atom is -0.260 e. The zero-order chi connectivity index (χ0) is 17.1. The van der Waals surface area contributed by atoms with E-state index >= 15 is 0 Å². The maximum Gasteiger partial charge on any atom is 0.129 e. The fourth-order valence-electron chi connectivity index (χ4n) is 3.03. The number of rotatable bonds is 3. The van der Waals surface area contributed by atoms with Crippen LogP contribution in [0.1, 0.15) is 23.3 Å². The van der Waals surface area contributed by atoms with Gasteiger partial charge in [-0.1, -0.05) is 84.4 Å². The van der Waals surface area contributed by atoms with E-state index in [9.17, 15) is 0 Å². The van der Waals surface area contributed by atoms with E-state index in [0.29, 0.717) is 5.02 Å². The van der Waals surface area contributed by atoms with E-state index in [2.05, 4.69) is 36.4 Å². The van der Waals surface area contributed by atoms with Crippen LogP contribution in [0.4, 0.5) is 5.69 Å². The Labute approximate surface area is 152 Å². The van der Waals surface area contributed by atoms with Gasteiger partial charge in [0.1, 0.15) is 6.10 Å². The summed E-state index contributed by atoms with van der Waals surface area (Å²) in [6.45, 7) is 0. The molecule has 25 heavy (non-hydrogen) atoms. The summed E-state index contributed by atoms with van der Waals surface area (Å²) in [5.74, 6) is 0. The fourth-order valence-corrected chi connectivity index (χ4v) is 3.15. The monoisotopic (exact) mass is 347 g/mol. The molecule has 0 aromatic heterocycles. The Balaban J connectivity index is 1.73. The Hall–Kier alpha value is -2.55. The zero-order valence-electron chi connectivity index (χ0n) is 13.6. The first-order valence-electron chi connectivity index (χ1n) is 8.31. The lowest BCUT2D eigenvalue weighted by Crippen LogP contribution is -2.32. The van der Waals surface area contributed by atoms with Crippen molar-refractivity contribution in [3.63, 3.8) is 0 Å². The smallest absolute Gasteiger partial charge is 0.129 e. The van der Waals surface area contributed by atoms with Gasteiger partial charge in [-0.25, -0.2) is 5.06 Å². The highest BCUT2D eigenvalue weighted by atomic mass is 35.5. The molecule has 0 aliphatic carbocycles. The molecule has 0 saturated heterocycles. The van der Waals surface area contributed by atoms with Gasteiger partial charge in [-0.2, -0.15) is 0 Å². The lowest BCUT2D eigenvalue weighted by Gasteiger charge is -2.37. The van der Waals surface area contributed by atoms with Crippen LogP contribution in [0.15, 0.2) is 97.1 Å². The van der Waals surface area contributed by atoms with Crippen LogP contribution < -0.4 is 5.06 Å². The van der Waals surface area contributed by atoms with E-state index in [0.717, 1.165) is 11.3 Å². The van der Waals surface area contributed by atoms with E-state index in [1.54, 1.807) is 0 Å². The molecule has 2 unspecified atom stereocenters. The third-order valence-corrected chi connectivity index (χ3v) is 4.55. The molecule has 0 bridgehead atoms. The van der Waals surface area contributed by atoms with E-state index in [1.165, 1.54) is 5.56 Å². The second-order valence-corrected chi connectivity index (χ2v) is 6.42. The topological polar surface area (TPSA) is 12.5 Å². The molecular weight excluding hydrogens is 330 g/mol. The number of hydrogen-bond acceptors (Lipinski definition) is 2. The van der Waals surface area contributed by atoms with Crippen LogP contribution in [0.5, 0.6) is 0 Å². The lowest BCUT2D eigenvalue weighted by molar-refractivity contribution is 0.0402. The van der Waals surface area contributed by atoms with Crippen molar-refractivity contribution in [1.82, 2.24) is 0 Å². The molecule has 0 spiro atoms. The standard InChI is InChI=1S/C22H18ClNO/c23-19-11-13-20(14-12-19)24-21(17-7-3-1-4-8-17)15-16-22(25-24)18-9-5-2-6-10-18/h1-16,21-22H. The van der Waals surface area contributed by atoms with Crippen molar-refractivity contribution in [3.05, 3.63) is 113 Å². The van der Waals surface area contributed by atoms with Gasteiger partial charge in [-0.15, -0.1) is 0 Å². The SMILES string of the molecule is Clc1ccc(N2OC(c3ccccc3)C=CC2c2ccccc2)cc1. The van der Waals surface area contributed by atoms with Gasteiger partial charge < -0.3 is 0 Å². The van der Waals surface area contributed by atoms with Gasteiger partial charge in [-0.3, -0.25) is 4.84 Å². The number of anilines is 1. The summed E-state index contributed by atoms with van der Waals surface area (Å²) in [7, 11) is 0. The molecule has 1 heterocycles. The first-order chi connectivity index (χ1) is 12.3. The Kier molecular flexibility index (Phi) is 4.55. The second-order valence-electron chi connectivity index (χ2n) is 5.98. The molecule has 1 aliphatic heterocycles. The van der Waals surface area contributed by atoms with Gasteiger partial charge in [-0.05, 0) is 35.4 Å². The fraction of sp³-hybridized carbons (Fsp3) is 0.0909. The molecule has 0 N–H and O–H groups in total. The van der Waals surface area contributed by atoms with E-state index in [-0.39, 0.29) is 12.1 Å². The Morgan fingerprint density at radius 1 is 0.680 bits per heavy atom. The van der Waals surface area contributed by atoms with Crippen molar-refractivity contribution in [3.8, 4) is 0 Å². The number of hydroxylamine groups is 1. The van der Waals surface area contributed by atoms with Gasteiger partial charge in [0.2, 0.25) is 0 Å². The summed E-state index contributed by atoms with van der Waals surface area (Å²) >= 11 is 6.06. The molecule has 2 nitrogen and oxygen atoms in total. The Morgan fingerprint density at radius 2 is 1.28 bits per heavy atom. The third-order valence-electron chi connectivity index (χ3n) is 4.30. The highest BCUT2D eigenvalue weighted by molar-refractivity contribution is 6.30. The summed E-state index contributed by atoms with van der Waals surface area (Å²) in [5, 5.41) is 2.68. The van der Waals surface area contributed by atoms with Crippen LogP contribution in [0.25, 0.3) is 0 Å². The number of benzene rings is 3. The van der Waals surface area contributed by atoms with Crippen molar-refractivity contribution in [1.29, 1.82) is 0 Å². The number of halogens is 1. The minimum absolute atomic E-state index is 0.0161. The molecule has 0 fully saturated rings. The lowest BCUT2D eigenvalue weighted by atomic mass is 10.0. The predicted molar refractivity (Wildman–Crippen MR) is 103 cm³/mol. The number of nitrogens with zero attached hydrogens (tertiary/aromatic N) is 1. The van der Waals surface area contributed by atoms with Crippen LogP contribution in [0.2, 0.25) is 5.02 Å². The van der Waals surface area contributed by atoms with Crippen LogP contribution in [-0.2, 0) is 4.84 Å². The van der Waals surface area contributed by atoms with Crippen LogP contribution in [0, 0.1) is 0 Å². The summed E-state index contributed by atoms with van der Waals surface area (Å²) in [6.07, 6.45) is 4.21. The second kappa shape index (κ2) is 7.14. The average Bonchev–Trinajstić information content (AvgIpc) is 2.69. The van der Waals surface area contributed by atoms with Crippen LogP contribution in [-0.4, -0.2) is 0 Å². The van der Waals surface area contributed by atoms with Crippen LogP contribution in [0.3, 0.4) is 0 Å². The van der Waals surface area contributed by atoms with Gasteiger partial charge in [0.05, 0.1) is 11.7 Å². The van der Waals surface area contributed by atoms with E-state index in [1.807, 2.05) is 65.7 Å². The summed E-state index contributed by atoms with van der Waals surface area (Å²) in [4.78, 5) is 6.37. The Bertz CT molecular complexity index is 846. The van der Waals surface area contributed by atoms with Gasteiger partial charge in [0.15, 0.2) is 0 Å². The van der Waals surface area contributed by atoms with Gasteiger partial charge >= 0.3 is 0 Å². The van der Waals surface area contributed by atoms with E-state index < -0.39 is 0 Å². The summed E-state index contributed by atoms with van der Waals surface area (Å²) in [5.41, 5.74) is 3.29. The maximum atomic E-state index is 6.37. The third kappa shape index (κ3) is 3.46. The maximum absolute atomic E-state index is 6.37. The average molecular weight is 348 g/mol. The molecule has 0 saturated carbocycles. The van der Waals surface area contributed by atoms with Crippen LogP contribution >= 0.6 is 11.6 Å². The molecule has 0 radical (unpaired) electrons. The first-order valence-corrected chi connectivity index (χ1v) is 8.69. The van der Waals surface area contributed by atoms with Crippen molar-refractivity contribution < 1.29 is 4.84 Å². The molecule has 1 aliphatic rings. The van der Waals surface area contributed by atoms with E-state index in [4.69, 9.17) is 16.4 Å². The Morgan fingerprint density at radius 3 is 1.92 bits per heavy atom. The number of hydrogen-bond donors (Lipinski definition) is 0. The van der Waals surface area contributed by atoms with Gasteiger partial charge in [0.25, 0.3) is 0 Å². The highest BCUT2D eigenvalue weighted by Gasteiger charge is 2.27. The van der Waals surface area contributed by atoms with Crippen molar-refractivity contribution in [2.75, 3.05) is 5.06 Å².